The van der Waals surface area contributed by atoms with E-state index in [0.29, 0.717) is 0 Å². The molecule has 0 aromatic heterocycles. The van der Waals surface area contributed by atoms with Gasteiger partial charge < -0.3 is 15.3 Å². The first-order valence-corrected chi connectivity index (χ1v) is 8.09. The van der Waals surface area contributed by atoms with Crippen molar-refractivity contribution < 1.29 is 23.1 Å². The molecule has 1 aromatic carbocycles. The van der Waals surface area contributed by atoms with Crippen molar-refractivity contribution >= 4 is 21.8 Å². The lowest BCUT2D eigenvalue weighted by atomic mass is 10.2. The van der Waals surface area contributed by atoms with E-state index in [9.17, 15) is 18.0 Å². The molecule has 0 saturated heterocycles. The number of aliphatic carboxylic acids is 1. The number of carbonyl (C=O) groups excluding carboxylic acids is 1. The summed E-state index contributed by atoms with van der Waals surface area (Å²) in [6.45, 7) is 0.356. The summed E-state index contributed by atoms with van der Waals surface area (Å²) < 4.78 is 22.6. The van der Waals surface area contributed by atoms with Gasteiger partial charge in [0.15, 0.2) is 9.84 Å². The van der Waals surface area contributed by atoms with Crippen LogP contribution in [0, 0.1) is 0 Å². The summed E-state index contributed by atoms with van der Waals surface area (Å²) in [7, 11) is -1.73. The molecule has 21 heavy (non-hydrogen) atoms. The summed E-state index contributed by atoms with van der Waals surface area (Å²) in [6.07, 6.45) is 1.01. The minimum Gasteiger partial charge on any atom is -0.481 e. The molecule has 1 rings (SSSR count). The largest absolute Gasteiger partial charge is 0.481 e. The molecule has 0 spiro atoms. The highest BCUT2D eigenvalue weighted by atomic mass is 32.2. The molecule has 1 aromatic rings. The van der Waals surface area contributed by atoms with Gasteiger partial charge in [-0.3, -0.25) is 4.79 Å². The van der Waals surface area contributed by atoms with Crippen molar-refractivity contribution in [3.8, 4) is 0 Å². The highest BCUT2D eigenvalue weighted by Gasteiger charge is 2.10. The zero-order valence-corrected chi connectivity index (χ0v) is 12.7. The molecule has 8 heteroatoms. The fraction of sp³-hybridized carbons (Fsp3) is 0.385. The van der Waals surface area contributed by atoms with E-state index < -0.39 is 15.8 Å². The van der Waals surface area contributed by atoms with Crippen LogP contribution in [0.4, 0.5) is 4.79 Å². The van der Waals surface area contributed by atoms with Gasteiger partial charge in [0.1, 0.15) is 0 Å². The molecule has 0 radical (unpaired) electrons. The zero-order chi connectivity index (χ0) is 16.0. The molecule has 0 atom stereocenters. The molecule has 0 unspecified atom stereocenters. The topological polar surface area (TPSA) is 104 Å². The Hall–Kier alpha value is -2.09. The number of nitrogens with one attached hydrogen (secondary N) is 1. The van der Waals surface area contributed by atoms with Gasteiger partial charge in [0.05, 0.1) is 11.3 Å². The first-order chi connectivity index (χ1) is 9.70. The number of carbonyl (C=O) groups is 2. The maximum absolute atomic E-state index is 11.7. The lowest BCUT2D eigenvalue weighted by molar-refractivity contribution is -0.137. The van der Waals surface area contributed by atoms with Crippen molar-refractivity contribution in [3.63, 3.8) is 0 Å². The van der Waals surface area contributed by atoms with Crippen molar-refractivity contribution in [3.05, 3.63) is 29.8 Å². The average Bonchev–Trinajstić information content (AvgIpc) is 2.41. The second-order valence-corrected chi connectivity index (χ2v) is 6.66. The summed E-state index contributed by atoms with van der Waals surface area (Å²) in [5, 5.41) is 11.2. The van der Waals surface area contributed by atoms with E-state index in [1.54, 1.807) is 12.1 Å². The number of benzene rings is 1. The Morgan fingerprint density at radius 1 is 1.24 bits per heavy atom. The van der Waals surface area contributed by atoms with Gasteiger partial charge in [0.2, 0.25) is 0 Å². The summed E-state index contributed by atoms with van der Waals surface area (Å²) in [4.78, 5) is 23.6. The van der Waals surface area contributed by atoms with Crippen LogP contribution in [0.5, 0.6) is 0 Å². The molecular formula is C13H18N2O5S. The number of rotatable bonds is 6. The number of amides is 2. The standard InChI is InChI=1S/C13H18N2O5S/c1-15(8-7-12(16)17)13(18)14-9-10-3-5-11(6-4-10)21(2,19)20/h3-6H,7-9H2,1-2H3,(H,14,18)(H,16,17). The van der Waals surface area contributed by atoms with Crippen molar-refractivity contribution in [2.24, 2.45) is 0 Å². The average molecular weight is 314 g/mol. The normalized spacial score (nSPS) is 11.0. The van der Waals surface area contributed by atoms with Crippen molar-refractivity contribution in [1.82, 2.24) is 10.2 Å². The predicted octanol–water partition coefficient (Wildman–Crippen LogP) is 0.706. The maximum atomic E-state index is 11.7. The number of urea groups is 1. The van der Waals surface area contributed by atoms with E-state index in [1.807, 2.05) is 0 Å². The highest BCUT2D eigenvalue weighted by Crippen LogP contribution is 2.10. The van der Waals surface area contributed by atoms with Crippen LogP contribution in [0.15, 0.2) is 29.2 Å². The second-order valence-electron chi connectivity index (χ2n) is 4.64. The van der Waals surface area contributed by atoms with Gasteiger partial charge in [-0.2, -0.15) is 0 Å². The van der Waals surface area contributed by atoms with Crippen LogP contribution in [0.3, 0.4) is 0 Å². The second kappa shape index (κ2) is 7.07. The van der Waals surface area contributed by atoms with Crippen LogP contribution in [-0.2, 0) is 21.2 Å². The molecule has 116 valence electrons. The third kappa shape index (κ3) is 5.82. The Morgan fingerprint density at radius 2 is 1.81 bits per heavy atom. The molecule has 0 aliphatic rings. The summed E-state index contributed by atoms with van der Waals surface area (Å²) in [5.74, 6) is -0.967. The number of carboxylic acid groups (broad SMARTS) is 1. The van der Waals surface area contributed by atoms with Crippen molar-refractivity contribution in [1.29, 1.82) is 0 Å². The molecule has 0 heterocycles. The van der Waals surface area contributed by atoms with E-state index in [2.05, 4.69) is 5.32 Å². The highest BCUT2D eigenvalue weighted by molar-refractivity contribution is 7.90. The van der Waals surface area contributed by atoms with E-state index in [1.165, 1.54) is 24.1 Å². The van der Waals surface area contributed by atoms with Crippen molar-refractivity contribution in [2.45, 2.75) is 17.9 Å². The van der Waals surface area contributed by atoms with Crippen LogP contribution in [0.2, 0.25) is 0 Å². The SMILES string of the molecule is CN(CCC(=O)O)C(=O)NCc1ccc(S(C)(=O)=O)cc1. The number of nitrogens with zero attached hydrogens (tertiary/aromatic N) is 1. The van der Waals surface area contributed by atoms with Gasteiger partial charge in [-0.05, 0) is 17.7 Å². The molecule has 0 fully saturated rings. The van der Waals surface area contributed by atoms with Crippen LogP contribution in [0.1, 0.15) is 12.0 Å². The van der Waals surface area contributed by atoms with E-state index in [0.717, 1.165) is 11.8 Å². The lowest BCUT2D eigenvalue weighted by Crippen LogP contribution is -2.37. The summed E-state index contributed by atoms with van der Waals surface area (Å²) >= 11 is 0. The van der Waals surface area contributed by atoms with Crippen LogP contribution in [-0.4, -0.2) is 50.3 Å². The Morgan fingerprint density at radius 3 is 2.29 bits per heavy atom. The molecule has 7 nitrogen and oxygen atoms in total. The van der Waals surface area contributed by atoms with Crippen LogP contribution >= 0.6 is 0 Å². The van der Waals surface area contributed by atoms with Crippen LogP contribution in [0.25, 0.3) is 0 Å². The molecule has 0 bridgehead atoms. The Balaban J connectivity index is 2.51. The van der Waals surface area contributed by atoms with E-state index in [-0.39, 0.29) is 30.4 Å². The number of hydrogen-bond donors (Lipinski definition) is 2. The third-order valence-corrected chi connectivity index (χ3v) is 3.93. The molecule has 0 aliphatic carbocycles. The number of hydrogen-bond acceptors (Lipinski definition) is 4. The molecule has 0 aliphatic heterocycles. The van der Waals surface area contributed by atoms with Gasteiger partial charge in [0, 0.05) is 26.4 Å². The van der Waals surface area contributed by atoms with Crippen molar-refractivity contribution in [2.75, 3.05) is 19.8 Å². The first-order valence-electron chi connectivity index (χ1n) is 6.20. The third-order valence-electron chi connectivity index (χ3n) is 2.80. The summed E-state index contributed by atoms with van der Waals surface area (Å²) in [6, 6.07) is 5.81. The fourth-order valence-corrected chi connectivity index (χ4v) is 2.16. The summed E-state index contributed by atoms with van der Waals surface area (Å²) in [5.41, 5.74) is 0.752. The zero-order valence-electron chi connectivity index (χ0n) is 11.9. The van der Waals surface area contributed by atoms with E-state index >= 15 is 0 Å². The van der Waals surface area contributed by atoms with Gasteiger partial charge in [-0.15, -0.1) is 0 Å². The number of carboxylic acids is 1. The Labute approximate surface area is 123 Å². The Bertz CT molecular complexity index is 610. The first kappa shape index (κ1) is 17.0. The van der Waals surface area contributed by atoms with Gasteiger partial charge in [0.25, 0.3) is 0 Å². The minimum absolute atomic E-state index is 0.118. The molecule has 2 amide bonds. The lowest BCUT2D eigenvalue weighted by Gasteiger charge is -2.16. The monoisotopic (exact) mass is 314 g/mol. The minimum atomic E-state index is -3.23. The quantitative estimate of drug-likeness (QED) is 0.804. The molecular weight excluding hydrogens is 296 g/mol. The molecule has 0 saturated carbocycles. The Kier molecular flexibility index (Phi) is 5.71. The van der Waals surface area contributed by atoms with Crippen LogP contribution < -0.4 is 5.32 Å². The van der Waals surface area contributed by atoms with Gasteiger partial charge >= 0.3 is 12.0 Å². The predicted molar refractivity (Wildman–Crippen MR) is 76.7 cm³/mol. The smallest absolute Gasteiger partial charge is 0.317 e. The fourth-order valence-electron chi connectivity index (χ4n) is 1.53. The molecule has 2 N–H and O–H groups in total. The van der Waals surface area contributed by atoms with Gasteiger partial charge in [-0.1, -0.05) is 12.1 Å². The maximum Gasteiger partial charge on any atom is 0.317 e. The number of sulfone groups is 1. The van der Waals surface area contributed by atoms with Gasteiger partial charge in [-0.25, -0.2) is 13.2 Å². The van der Waals surface area contributed by atoms with E-state index in [4.69, 9.17) is 5.11 Å².